The van der Waals surface area contributed by atoms with Gasteiger partial charge in [-0.2, -0.15) is 0 Å². The van der Waals surface area contributed by atoms with E-state index in [4.69, 9.17) is 14.3 Å². The van der Waals surface area contributed by atoms with E-state index >= 15 is 0 Å². The first-order valence-electron chi connectivity index (χ1n) is 7.89. The Hall–Kier alpha value is -2.84. The Balaban J connectivity index is 1.87. The first-order chi connectivity index (χ1) is 12.3. The van der Waals surface area contributed by atoms with E-state index < -0.39 is 15.9 Å². The van der Waals surface area contributed by atoms with Crippen LogP contribution in [0.3, 0.4) is 0 Å². The number of carbonyl (C=O) groups is 1. The molecular weight excluding hydrogens is 356 g/mol. The van der Waals surface area contributed by atoms with Crippen molar-refractivity contribution in [3.05, 3.63) is 53.8 Å². The molecule has 0 spiro atoms. The maximum atomic E-state index is 12.5. The fourth-order valence-corrected chi connectivity index (χ4v) is 3.10. The topological polar surface area (TPSA) is 112 Å². The van der Waals surface area contributed by atoms with Crippen molar-refractivity contribution in [3.8, 4) is 5.75 Å². The molecule has 7 nitrogen and oxygen atoms in total. The second kappa shape index (κ2) is 6.81. The number of sulfonamides is 1. The first-order valence-corrected chi connectivity index (χ1v) is 9.44. The second-order valence-electron chi connectivity index (χ2n) is 5.67. The summed E-state index contributed by atoms with van der Waals surface area (Å²) in [6, 6.07) is 10.9. The van der Waals surface area contributed by atoms with E-state index in [1.807, 2.05) is 13.0 Å². The minimum atomic E-state index is -3.78. The molecular formula is C18H18N2O5S. The minimum absolute atomic E-state index is 0.0288. The molecule has 3 aromatic rings. The van der Waals surface area contributed by atoms with Gasteiger partial charge in [-0.1, -0.05) is 0 Å². The van der Waals surface area contributed by atoms with E-state index in [0.29, 0.717) is 29.2 Å². The van der Waals surface area contributed by atoms with Crippen molar-refractivity contribution in [1.82, 2.24) is 0 Å². The molecule has 3 N–H and O–H groups in total. The second-order valence-corrected chi connectivity index (χ2v) is 7.23. The number of amides is 1. The fourth-order valence-electron chi connectivity index (χ4n) is 2.59. The van der Waals surface area contributed by atoms with Crippen LogP contribution in [-0.2, 0) is 10.0 Å². The van der Waals surface area contributed by atoms with E-state index in [2.05, 4.69) is 5.32 Å². The molecule has 3 rings (SSSR count). The van der Waals surface area contributed by atoms with Gasteiger partial charge in [-0.3, -0.25) is 4.79 Å². The molecule has 1 amide bonds. The number of hydrogen-bond donors (Lipinski definition) is 2. The number of ether oxygens (including phenoxy) is 1. The highest BCUT2D eigenvalue weighted by Crippen LogP contribution is 2.29. The summed E-state index contributed by atoms with van der Waals surface area (Å²) in [5.74, 6) is 0.457. The lowest BCUT2D eigenvalue weighted by atomic mass is 10.1. The number of nitrogens with one attached hydrogen (secondary N) is 1. The van der Waals surface area contributed by atoms with Crippen molar-refractivity contribution in [2.24, 2.45) is 5.14 Å². The highest BCUT2D eigenvalue weighted by molar-refractivity contribution is 7.89. The molecule has 0 aliphatic rings. The molecule has 0 saturated carbocycles. The van der Waals surface area contributed by atoms with Gasteiger partial charge in [0.2, 0.25) is 10.0 Å². The Labute approximate surface area is 150 Å². The molecule has 0 unspecified atom stereocenters. The first kappa shape index (κ1) is 18.0. The third-order valence-electron chi connectivity index (χ3n) is 3.87. The van der Waals surface area contributed by atoms with E-state index in [1.165, 1.54) is 24.3 Å². The highest BCUT2D eigenvalue weighted by atomic mass is 32.2. The quantitative estimate of drug-likeness (QED) is 0.713. The average Bonchev–Trinajstić information content (AvgIpc) is 2.92. The summed E-state index contributed by atoms with van der Waals surface area (Å²) in [6.07, 6.45) is 0. The third kappa shape index (κ3) is 3.56. The van der Waals surface area contributed by atoms with E-state index in [0.717, 1.165) is 5.39 Å². The van der Waals surface area contributed by atoms with Crippen molar-refractivity contribution in [2.75, 3.05) is 11.9 Å². The molecule has 0 bridgehead atoms. The number of rotatable bonds is 5. The van der Waals surface area contributed by atoms with Crippen molar-refractivity contribution >= 4 is 32.6 Å². The molecule has 0 fully saturated rings. The molecule has 136 valence electrons. The largest absolute Gasteiger partial charge is 0.494 e. The predicted octanol–water partition coefficient (Wildman–Crippen LogP) is 3.04. The molecule has 1 heterocycles. The molecule has 2 aromatic carbocycles. The van der Waals surface area contributed by atoms with Crippen LogP contribution in [0.2, 0.25) is 0 Å². The SMILES string of the molecule is CCOc1ccc2oc(C(=O)Nc3ccc(S(N)(=O)=O)cc3)c(C)c2c1. The Bertz CT molecular complexity index is 1070. The fraction of sp³-hybridized carbons (Fsp3) is 0.167. The van der Waals surface area contributed by atoms with E-state index in [9.17, 15) is 13.2 Å². The zero-order valence-electron chi connectivity index (χ0n) is 14.3. The number of carbonyl (C=O) groups excluding carboxylic acids is 1. The summed E-state index contributed by atoms with van der Waals surface area (Å²) < 4.78 is 33.7. The summed E-state index contributed by atoms with van der Waals surface area (Å²) in [5.41, 5.74) is 1.71. The molecule has 0 radical (unpaired) electrons. The lowest BCUT2D eigenvalue weighted by molar-refractivity contribution is 0.0998. The van der Waals surface area contributed by atoms with Crippen molar-refractivity contribution in [1.29, 1.82) is 0 Å². The van der Waals surface area contributed by atoms with Crippen LogP contribution in [0.25, 0.3) is 11.0 Å². The van der Waals surface area contributed by atoms with Gasteiger partial charge >= 0.3 is 0 Å². The number of hydrogen-bond acceptors (Lipinski definition) is 5. The third-order valence-corrected chi connectivity index (χ3v) is 4.79. The molecule has 26 heavy (non-hydrogen) atoms. The van der Waals surface area contributed by atoms with E-state index in [1.54, 1.807) is 19.1 Å². The summed E-state index contributed by atoms with van der Waals surface area (Å²) in [4.78, 5) is 12.5. The van der Waals surface area contributed by atoms with Crippen LogP contribution >= 0.6 is 0 Å². The number of furan rings is 1. The standard InChI is InChI=1S/C18H18N2O5S/c1-3-24-13-6-9-16-15(10-13)11(2)17(25-16)18(21)20-12-4-7-14(8-5-12)26(19,22)23/h4-10H,3H2,1-2H3,(H,20,21)(H2,19,22,23). The van der Waals surface area contributed by atoms with Gasteiger partial charge < -0.3 is 14.5 Å². The zero-order chi connectivity index (χ0) is 18.9. The molecule has 1 aromatic heterocycles. The van der Waals surface area contributed by atoms with E-state index in [-0.39, 0.29) is 10.7 Å². The smallest absolute Gasteiger partial charge is 0.291 e. The molecule has 0 aliphatic carbocycles. The number of benzene rings is 2. The Kier molecular flexibility index (Phi) is 4.71. The normalized spacial score (nSPS) is 11.5. The van der Waals surface area contributed by atoms with Crippen LogP contribution in [0.1, 0.15) is 23.0 Å². The zero-order valence-corrected chi connectivity index (χ0v) is 15.1. The van der Waals surface area contributed by atoms with Gasteiger partial charge in [0.25, 0.3) is 5.91 Å². The van der Waals surface area contributed by atoms with Crippen LogP contribution in [0.5, 0.6) is 5.75 Å². The summed E-state index contributed by atoms with van der Waals surface area (Å²) in [7, 11) is -3.78. The van der Waals surface area contributed by atoms with Crippen LogP contribution in [0.4, 0.5) is 5.69 Å². The Morgan fingerprint density at radius 2 is 1.88 bits per heavy atom. The van der Waals surface area contributed by atoms with Gasteiger partial charge in [0, 0.05) is 16.6 Å². The van der Waals surface area contributed by atoms with Gasteiger partial charge in [-0.05, 0) is 56.3 Å². The van der Waals surface area contributed by atoms with Crippen LogP contribution in [0, 0.1) is 6.92 Å². The Morgan fingerprint density at radius 1 is 1.19 bits per heavy atom. The van der Waals surface area contributed by atoms with Gasteiger partial charge in [0.15, 0.2) is 5.76 Å². The monoisotopic (exact) mass is 374 g/mol. The average molecular weight is 374 g/mol. The number of fused-ring (bicyclic) bond motifs is 1. The van der Waals surface area contributed by atoms with Crippen molar-refractivity contribution in [3.63, 3.8) is 0 Å². The van der Waals surface area contributed by atoms with Crippen LogP contribution < -0.4 is 15.2 Å². The van der Waals surface area contributed by atoms with Crippen LogP contribution in [-0.4, -0.2) is 20.9 Å². The van der Waals surface area contributed by atoms with Gasteiger partial charge in [0.1, 0.15) is 11.3 Å². The maximum absolute atomic E-state index is 12.5. The Morgan fingerprint density at radius 3 is 2.50 bits per heavy atom. The number of nitrogens with two attached hydrogens (primary N) is 1. The van der Waals surface area contributed by atoms with Gasteiger partial charge in [-0.25, -0.2) is 13.6 Å². The summed E-state index contributed by atoms with van der Waals surface area (Å²) >= 11 is 0. The summed E-state index contributed by atoms with van der Waals surface area (Å²) in [6.45, 7) is 4.23. The number of anilines is 1. The minimum Gasteiger partial charge on any atom is -0.494 e. The maximum Gasteiger partial charge on any atom is 0.291 e. The number of primary sulfonamides is 1. The molecule has 0 atom stereocenters. The molecule has 0 saturated heterocycles. The lowest BCUT2D eigenvalue weighted by Gasteiger charge is -2.05. The highest BCUT2D eigenvalue weighted by Gasteiger charge is 2.18. The predicted molar refractivity (Wildman–Crippen MR) is 97.9 cm³/mol. The van der Waals surface area contributed by atoms with Crippen molar-refractivity contribution in [2.45, 2.75) is 18.7 Å². The van der Waals surface area contributed by atoms with Gasteiger partial charge in [-0.15, -0.1) is 0 Å². The lowest BCUT2D eigenvalue weighted by Crippen LogP contribution is -2.14. The number of aryl methyl sites for hydroxylation is 1. The molecule has 8 heteroatoms. The summed E-state index contributed by atoms with van der Waals surface area (Å²) in [5, 5.41) is 8.53. The van der Waals surface area contributed by atoms with Crippen LogP contribution in [0.15, 0.2) is 51.8 Å². The van der Waals surface area contributed by atoms with Crippen molar-refractivity contribution < 1.29 is 22.4 Å². The molecule has 0 aliphatic heterocycles. The van der Waals surface area contributed by atoms with Gasteiger partial charge in [0.05, 0.1) is 11.5 Å².